The first kappa shape index (κ1) is 10.9. The van der Waals surface area contributed by atoms with Gasteiger partial charge in [-0.1, -0.05) is 0 Å². The molecule has 0 aliphatic rings. The lowest BCUT2D eigenvalue weighted by Gasteiger charge is -2.10. The summed E-state index contributed by atoms with van der Waals surface area (Å²) in [6, 6.07) is 0. The Kier molecular flexibility index (Phi) is 2.78. The van der Waals surface area contributed by atoms with E-state index in [9.17, 15) is 5.11 Å². The van der Waals surface area contributed by atoms with Crippen LogP contribution in [0.25, 0.3) is 0 Å². The van der Waals surface area contributed by atoms with Crippen LogP contribution in [0.15, 0.2) is 18.6 Å². The highest BCUT2D eigenvalue weighted by Gasteiger charge is 2.19. The molecular weight excluding hydrogens is 204 g/mol. The summed E-state index contributed by atoms with van der Waals surface area (Å²) in [5, 5.41) is 14.5. The molecule has 1 N–H and O–H groups in total. The molecule has 1 unspecified atom stereocenters. The van der Waals surface area contributed by atoms with Gasteiger partial charge in [0.25, 0.3) is 0 Å². The number of hydrogen-bond donors (Lipinski definition) is 1. The molecule has 2 aromatic heterocycles. The highest BCUT2D eigenvalue weighted by atomic mass is 16.3. The van der Waals surface area contributed by atoms with Crippen LogP contribution in [0.2, 0.25) is 0 Å². The van der Waals surface area contributed by atoms with Crippen LogP contribution in [0.4, 0.5) is 0 Å². The zero-order chi connectivity index (χ0) is 11.7. The molecule has 1 atom stereocenters. The van der Waals surface area contributed by atoms with Gasteiger partial charge in [-0.15, -0.1) is 0 Å². The number of nitrogens with zero attached hydrogens (tertiary/aromatic N) is 4. The normalized spacial score (nSPS) is 13.0. The smallest absolute Gasteiger partial charge is 0.142 e. The predicted octanol–water partition coefficient (Wildman–Crippen LogP) is 1.03. The topological polar surface area (TPSA) is 55.9 Å². The highest BCUT2D eigenvalue weighted by Crippen LogP contribution is 2.22. The second-order valence-corrected chi connectivity index (χ2v) is 3.82. The first-order valence-electron chi connectivity index (χ1n) is 5.32. The summed E-state index contributed by atoms with van der Waals surface area (Å²) in [4.78, 5) is 4.19. The monoisotopic (exact) mass is 220 g/mol. The van der Waals surface area contributed by atoms with Crippen molar-refractivity contribution in [1.29, 1.82) is 0 Å². The Labute approximate surface area is 94.4 Å². The summed E-state index contributed by atoms with van der Waals surface area (Å²) in [5.74, 6) is 0.665. The van der Waals surface area contributed by atoms with E-state index in [1.807, 2.05) is 37.9 Å². The molecule has 0 aromatic carbocycles. The fourth-order valence-electron chi connectivity index (χ4n) is 1.86. The molecule has 2 aromatic rings. The van der Waals surface area contributed by atoms with Crippen molar-refractivity contribution in [3.05, 3.63) is 35.7 Å². The number of rotatable bonds is 3. The molecule has 86 valence electrons. The van der Waals surface area contributed by atoms with Gasteiger partial charge >= 0.3 is 0 Å². The lowest BCUT2D eigenvalue weighted by Crippen LogP contribution is -2.09. The molecule has 0 aliphatic heterocycles. The van der Waals surface area contributed by atoms with Gasteiger partial charge in [-0.25, -0.2) is 4.98 Å². The van der Waals surface area contributed by atoms with Crippen LogP contribution in [0.5, 0.6) is 0 Å². The SMILES string of the molecule is CCn1ccnc1C(O)c1cn(C)nc1C. The van der Waals surface area contributed by atoms with E-state index in [0.29, 0.717) is 5.82 Å². The number of aliphatic hydroxyl groups is 1. The first-order chi connectivity index (χ1) is 7.63. The molecule has 0 fully saturated rings. The zero-order valence-corrected chi connectivity index (χ0v) is 9.75. The van der Waals surface area contributed by atoms with Gasteiger partial charge in [0.1, 0.15) is 11.9 Å². The van der Waals surface area contributed by atoms with Crippen LogP contribution in [0.3, 0.4) is 0 Å². The Bertz CT molecular complexity index is 486. The van der Waals surface area contributed by atoms with Crippen molar-refractivity contribution in [2.24, 2.45) is 7.05 Å². The first-order valence-corrected chi connectivity index (χ1v) is 5.32. The van der Waals surface area contributed by atoms with Crippen LogP contribution in [0.1, 0.15) is 30.1 Å². The molecular formula is C11H16N4O. The zero-order valence-electron chi connectivity index (χ0n) is 9.75. The number of imidazole rings is 1. The number of aromatic nitrogens is 4. The van der Waals surface area contributed by atoms with Crippen molar-refractivity contribution in [3.63, 3.8) is 0 Å². The second-order valence-electron chi connectivity index (χ2n) is 3.82. The number of aryl methyl sites for hydroxylation is 3. The van der Waals surface area contributed by atoms with Crippen LogP contribution in [0, 0.1) is 6.92 Å². The van der Waals surface area contributed by atoms with Gasteiger partial charge in [0.15, 0.2) is 0 Å². The molecule has 2 rings (SSSR count). The standard InChI is InChI=1S/C11H16N4O/c1-4-15-6-5-12-11(15)10(16)9-7-14(3)13-8(9)2/h5-7,10,16H,4H2,1-3H3. The van der Waals surface area contributed by atoms with Gasteiger partial charge in [-0.2, -0.15) is 5.10 Å². The van der Waals surface area contributed by atoms with Gasteiger partial charge in [-0.05, 0) is 13.8 Å². The molecule has 2 heterocycles. The fourth-order valence-corrected chi connectivity index (χ4v) is 1.86. The summed E-state index contributed by atoms with van der Waals surface area (Å²) in [6.07, 6.45) is 4.69. The van der Waals surface area contributed by atoms with Gasteiger partial charge in [0, 0.05) is 37.7 Å². The Hall–Kier alpha value is -1.62. The quantitative estimate of drug-likeness (QED) is 0.840. The minimum Gasteiger partial charge on any atom is -0.380 e. The Balaban J connectivity index is 2.38. The minimum absolute atomic E-state index is 0.665. The Morgan fingerprint density at radius 1 is 1.50 bits per heavy atom. The van der Waals surface area contributed by atoms with Crippen molar-refractivity contribution in [3.8, 4) is 0 Å². The molecule has 0 amide bonds. The predicted molar refractivity (Wildman–Crippen MR) is 59.9 cm³/mol. The van der Waals surface area contributed by atoms with E-state index in [2.05, 4.69) is 10.1 Å². The van der Waals surface area contributed by atoms with E-state index in [4.69, 9.17) is 0 Å². The van der Waals surface area contributed by atoms with E-state index >= 15 is 0 Å². The van der Waals surface area contributed by atoms with Crippen LogP contribution in [-0.4, -0.2) is 24.4 Å². The summed E-state index contributed by atoms with van der Waals surface area (Å²) in [7, 11) is 1.84. The van der Waals surface area contributed by atoms with E-state index < -0.39 is 6.10 Å². The maximum absolute atomic E-state index is 10.3. The maximum atomic E-state index is 10.3. The highest BCUT2D eigenvalue weighted by molar-refractivity contribution is 5.24. The van der Waals surface area contributed by atoms with Crippen molar-refractivity contribution in [2.75, 3.05) is 0 Å². The molecule has 0 saturated carbocycles. The van der Waals surface area contributed by atoms with E-state index in [-0.39, 0.29) is 0 Å². The van der Waals surface area contributed by atoms with Crippen molar-refractivity contribution < 1.29 is 5.11 Å². The summed E-state index contributed by atoms with van der Waals surface area (Å²) in [6.45, 7) is 4.71. The van der Waals surface area contributed by atoms with E-state index in [0.717, 1.165) is 17.8 Å². The third-order valence-corrected chi connectivity index (χ3v) is 2.68. The van der Waals surface area contributed by atoms with Gasteiger partial charge in [0.05, 0.1) is 5.69 Å². The molecule has 16 heavy (non-hydrogen) atoms. The van der Waals surface area contributed by atoms with Crippen LogP contribution >= 0.6 is 0 Å². The van der Waals surface area contributed by atoms with Gasteiger partial charge < -0.3 is 9.67 Å². The molecule has 0 spiro atoms. The van der Waals surface area contributed by atoms with Crippen molar-refractivity contribution >= 4 is 0 Å². The average Bonchev–Trinajstić information content (AvgIpc) is 2.83. The molecule has 0 aliphatic carbocycles. The van der Waals surface area contributed by atoms with E-state index in [1.54, 1.807) is 10.9 Å². The second kappa shape index (κ2) is 4.09. The average molecular weight is 220 g/mol. The minimum atomic E-state index is -0.705. The lowest BCUT2D eigenvalue weighted by molar-refractivity contribution is 0.204. The molecule has 5 nitrogen and oxygen atoms in total. The lowest BCUT2D eigenvalue weighted by atomic mass is 10.1. The Morgan fingerprint density at radius 3 is 2.81 bits per heavy atom. The number of aliphatic hydroxyl groups excluding tert-OH is 1. The molecule has 0 radical (unpaired) electrons. The number of hydrogen-bond acceptors (Lipinski definition) is 3. The van der Waals surface area contributed by atoms with Gasteiger partial charge in [-0.3, -0.25) is 4.68 Å². The molecule has 0 saturated heterocycles. The maximum Gasteiger partial charge on any atom is 0.142 e. The summed E-state index contributed by atoms with van der Waals surface area (Å²) >= 11 is 0. The van der Waals surface area contributed by atoms with Crippen LogP contribution < -0.4 is 0 Å². The third-order valence-electron chi connectivity index (χ3n) is 2.68. The largest absolute Gasteiger partial charge is 0.380 e. The Morgan fingerprint density at radius 2 is 2.25 bits per heavy atom. The van der Waals surface area contributed by atoms with Gasteiger partial charge in [0.2, 0.25) is 0 Å². The van der Waals surface area contributed by atoms with Crippen molar-refractivity contribution in [2.45, 2.75) is 26.5 Å². The summed E-state index contributed by atoms with van der Waals surface area (Å²) in [5.41, 5.74) is 1.64. The third kappa shape index (κ3) is 1.74. The van der Waals surface area contributed by atoms with Crippen molar-refractivity contribution in [1.82, 2.24) is 19.3 Å². The molecule has 5 heteroatoms. The molecule has 0 bridgehead atoms. The summed E-state index contributed by atoms with van der Waals surface area (Å²) < 4.78 is 3.63. The van der Waals surface area contributed by atoms with Crippen LogP contribution in [-0.2, 0) is 13.6 Å². The fraction of sp³-hybridized carbons (Fsp3) is 0.455. The van der Waals surface area contributed by atoms with E-state index in [1.165, 1.54) is 0 Å².